The normalized spacial score (nSPS) is 11.9. The first kappa shape index (κ1) is 22.4. The van der Waals surface area contributed by atoms with Crippen LogP contribution in [0.5, 0.6) is 5.75 Å². The van der Waals surface area contributed by atoms with E-state index in [1.165, 1.54) is 5.56 Å². The molecule has 3 aromatic carbocycles. The summed E-state index contributed by atoms with van der Waals surface area (Å²) in [6, 6.07) is 26.3. The van der Waals surface area contributed by atoms with Gasteiger partial charge in [0.2, 0.25) is 0 Å². The van der Waals surface area contributed by atoms with Gasteiger partial charge in [0.25, 0.3) is 6.01 Å². The second-order valence-corrected chi connectivity index (χ2v) is 7.98. The number of benzene rings is 3. The standard InChI is InChI=1S/C27H28N2O4/c1-2-24(26(30)31)32-22-14-8-12-21(18-22)19-29(17-9-13-20-10-4-3-5-11-20)27-28-23-15-6-7-16-25(23)33-27/h3-8,10-12,14-16,18,24H,2,9,13,17,19H2,1H3,(H,30,31). The van der Waals surface area contributed by atoms with E-state index in [0.717, 1.165) is 36.0 Å². The van der Waals surface area contributed by atoms with Crippen molar-refractivity contribution in [3.63, 3.8) is 0 Å². The second kappa shape index (κ2) is 10.7. The van der Waals surface area contributed by atoms with Crippen molar-refractivity contribution in [2.75, 3.05) is 11.4 Å². The number of para-hydroxylation sites is 2. The summed E-state index contributed by atoms with van der Waals surface area (Å²) >= 11 is 0. The molecular formula is C27H28N2O4. The van der Waals surface area contributed by atoms with Crippen LogP contribution in [0.25, 0.3) is 11.1 Å². The number of aromatic nitrogens is 1. The van der Waals surface area contributed by atoms with Gasteiger partial charge in [-0.15, -0.1) is 0 Å². The second-order valence-electron chi connectivity index (χ2n) is 7.98. The number of carbonyl (C=O) groups is 1. The summed E-state index contributed by atoms with van der Waals surface area (Å²) < 4.78 is 11.7. The lowest BCUT2D eigenvalue weighted by Gasteiger charge is -2.21. The topological polar surface area (TPSA) is 75.8 Å². The van der Waals surface area contributed by atoms with E-state index in [0.29, 0.717) is 24.7 Å². The van der Waals surface area contributed by atoms with Gasteiger partial charge in [0, 0.05) is 13.1 Å². The van der Waals surface area contributed by atoms with Crippen LogP contribution in [0.1, 0.15) is 30.9 Å². The Morgan fingerprint density at radius 3 is 2.55 bits per heavy atom. The third kappa shape index (κ3) is 5.92. The lowest BCUT2D eigenvalue weighted by Crippen LogP contribution is -2.26. The van der Waals surface area contributed by atoms with Crippen LogP contribution in [-0.2, 0) is 17.8 Å². The monoisotopic (exact) mass is 444 g/mol. The van der Waals surface area contributed by atoms with E-state index < -0.39 is 12.1 Å². The lowest BCUT2D eigenvalue weighted by atomic mass is 10.1. The van der Waals surface area contributed by atoms with Gasteiger partial charge in [0.1, 0.15) is 11.3 Å². The number of anilines is 1. The van der Waals surface area contributed by atoms with Crippen molar-refractivity contribution in [1.29, 1.82) is 0 Å². The number of nitrogens with zero attached hydrogens (tertiary/aromatic N) is 2. The summed E-state index contributed by atoms with van der Waals surface area (Å²) in [5.74, 6) is -0.416. The molecule has 1 aromatic heterocycles. The summed E-state index contributed by atoms with van der Waals surface area (Å²) in [6.07, 6.45) is 1.43. The summed E-state index contributed by atoms with van der Waals surface area (Å²) in [7, 11) is 0. The minimum atomic E-state index is -0.961. The number of carboxylic acid groups (broad SMARTS) is 1. The van der Waals surface area contributed by atoms with Crippen LogP contribution in [0.3, 0.4) is 0 Å². The zero-order chi connectivity index (χ0) is 23.0. The number of oxazole rings is 1. The molecule has 4 aromatic rings. The predicted octanol–water partition coefficient (Wildman–Crippen LogP) is 5.71. The number of hydrogen-bond acceptors (Lipinski definition) is 5. The van der Waals surface area contributed by atoms with E-state index in [4.69, 9.17) is 14.1 Å². The van der Waals surface area contributed by atoms with Gasteiger partial charge in [-0.1, -0.05) is 61.5 Å². The molecule has 6 heteroatoms. The number of rotatable bonds is 11. The van der Waals surface area contributed by atoms with Crippen molar-refractivity contribution in [2.45, 2.75) is 38.8 Å². The quantitative estimate of drug-likeness (QED) is 0.319. The average molecular weight is 445 g/mol. The number of aliphatic carboxylic acids is 1. The highest BCUT2D eigenvalue weighted by Crippen LogP contribution is 2.25. The van der Waals surface area contributed by atoms with E-state index in [2.05, 4.69) is 29.2 Å². The van der Waals surface area contributed by atoms with E-state index in [1.54, 1.807) is 13.0 Å². The van der Waals surface area contributed by atoms with Gasteiger partial charge in [0.05, 0.1) is 0 Å². The molecule has 1 N–H and O–H groups in total. The lowest BCUT2D eigenvalue weighted by molar-refractivity contribution is -0.145. The van der Waals surface area contributed by atoms with Crippen LogP contribution < -0.4 is 9.64 Å². The highest BCUT2D eigenvalue weighted by Gasteiger charge is 2.18. The van der Waals surface area contributed by atoms with Gasteiger partial charge in [-0.05, 0) is 54.7 Å². The molecule has 0 fully saturated rings. The first-order chi connectivity index (χ1) is 16.1. The molecule has 0 aliphatic heterocycles. The molecule has 6 nitrogen and oxygen atoms in total. The zero-order valence-electron chi connectivity index (χ0n) is 18.7. The highest BCUT2D eigenvalue weighted by molar-refractivity contribution is 5.74. The van der Waals surface area contributed by atoms with Crippen molar-refractivity contribution in [3.05, 3.63) is 90.0 Å². The molecule has 4 rings (SSSR count). The Balaban J connectivity index is 1.52. The molecule has 0 radical (unpaired) electrons. The molecule has 1 heterocycles. The number of aryl methyl sites for hydroxylation is 1. The molecule has 0 spiro atoms. The average Bonchev–Trinajstić information content (AvgIpc) is 3.27. The third-order valence-electron chi connectivity index (χ3n) is 5.49. The van der Waals surface area contributed by atoms with Gasteiger partial charge >= 0.3 is 5.97 Å². The van der Waals surface area contributed by atoms with E-state index >= 15 is 0 Å². The fraction of sp³-hybridized carbons (Fsp3) is 0.259. The zero-order valence-corrected chi connectivity index (χ0v) is 18.7. The van der Waals surface area contributed by atoms with E-state index in [1.807, 2.05) is 48.5 Å². The fourth-order valence-electron chi connectivity index (χ4n) is 3.77. The highest BCUT2D eigenvalue weighted by atomic mass is 16.5. The molecule has 0 saturated carbocycles. The van der Waals surface area contributed by atoms with Crippen molar-refractivity contribution in [1.82, 2.24) is 4.98 Å². The SMILES string of the molecule is CCC(Oc1cccc(CN(CCCc2ccccc2)c2nc3ccccc3o2)c1)C(=O)O. The van der Waals surface area contributed by atoms with Gasteiger partial charge in [-0.2, -0.15) is 4.98 Å². The number of hydrogen-bond donors (Lipinski definition) is 1. The van der Waals surface area contributed by atoms with Crippen LogP contribution in [0.15, 0.2) is 83.3 Å². The molecular weight excluding hydrogens is 416 g/mol. The number of ether oxygens (including phenoxy) is 1. The fourth-order valence-corrected chi connectivity index (χ4v) is 3.77. The maximum absolute atomic E-state index is 11.3. The van der Waals surface area contributed by atoms with Crippen molar-refractivity contribution < 1.29 is 19.1 Å². The molecule has 33 heavy (non-hydrogen) atoms. The minimum Gasteiger partial charge on any atom is -0.479 e. The van der Waals surface area contributed by atoms with Crippen LogP contribution >= 0.6 is 0 Å². The Morgan fingerprint density at radius 2 is 1.79 bits per heavy atom. The molecule has 0 amide bonds. The molecule has 1 unspecified atom stereocenters. The van der Waals surface area contributed by atoms with E-state index in [9.17, 15) is 9.90 Å². The van der Waals surface area contributed by atoms with Crippen LogP contribution in [0, 0.1) is 0 Å². The van der Waals surface area contributed by atoms with Crippen molar-refractivity contribution in [3.8, 4) is 5.75 Å². The third-order valence-corrected chi connectivity index (χ3v) is 5.49. The maximum Gasteiger partial charge on any atom is 0.344 e. The Kier molecular flexibility index (Phi) is 7.25. The Morgan fingerprint density at radius 1 is 1.03 bits per heavy atom. The van der Waals surface area contributed by atoms with Crippen LogP contribution in [0.2, 0.25) is 0 Å². The van der Waals surface area contributed by atoms with E-state index in [-0.39, 0.29) is 0 Å². The predicted molar refractivity (Wildman–Crippen MR) is 129 cm³/mol. The molecule has 1 atom stereocenters. The maximum atomic E-state index is 11.3. The summed E-state index contributed by atoms with van der Waals surface area (Å²) in [4.78, 5) is 18.2. The molecule has 0 aliphatic carbocycles. The van der Waals surface area contributed by atoms with Gasteiger partial charge < -0.3 is 19.2 Å². The van der Waals surface area contributed by atoms with Gasteiger partial charge in [-0.3, -0.25) is 0 Å². The number of fused-ring (bicyclic) bond motifs is 1. The van der Waals surface area contributed by atoms with Crippen molar-refractivity contribution >= 4 is 23.1 Å². The summed E-state index contributed by atoms with van der Waals surface area (Å²) in [5, 5.41) is 9.30. The van der Waals surface area contributed by atoms with Crippen LogP contribution in [-0.4, -0.2) is 28.7 Å². The summed E-state index contributed by atoms with van der Waals surface area (Å²) in [5.41, 5.74) is 3.87. The largest absolute Gasteiger partial charge is 0.479 e. The molecule has 0 bridgehead atoms. The molecule has 0 aliphatic rings. The molecule has 0 saturated heterocycles. The molecule has 170 valence electrons. The Bertz CT molecular complexity index is 1160. The van der Waals surface area contributed by atoms with Gasteiger partial charge in [0.15, 0.2) is 11.7 Å². The smallest absolute Gasteiger partial charge is 0.344 e. The first-order valence-electron chi connectivity index (χ1n) is 11.2. The first-order valence-corrected chi connectivity index (χ1v) is 11.2. The van der Waals surface area contributed by atoms with Gasteiger partial charge in [-0.25, -0.2) is 4.79 Å². The number of carboxylic acids is 1. The van der Waals surface area contributed by atoms with Crippen LogP contribution in [0.4, 0.5) is 6.01 Å². The van der Waals surface area contributed by atoms with Crippen molar-refractivity contribution in [2.24, 2.45) is 0 Å². The Hall–Kier alpha value is -3.80. The summed E-state index contributed by atoms with van der Waals surface area (Å²) in [6.45, 7) is 3.13. The Labute approximate surface area is 193 Å². The minimum absolute atomic E-state index is 0.397.